The molecule has 2 nitrogen and oxygen atoms in total. The number of nitrogens with zero attached hydrogens (tertiary/aromatic N) is 2. The Bertz CT molecular complexity index is 466. The van der Waals surface area contributed by atoms with Gasteiger partial charge in [0.25, 0.3) is 0 Å². The summed E-state index contributed by atoms with van der Waals surface area (Å²) in [6.07, 6.45) is 7.89. The van der Waals surface area contributed by atoms with Crippen molar-refractivity contribution < 1.29 is 28.5 Å². The fourth-order valence-corrected chi connectivity index (χ4v) is 1.36. The molecule has 16 heavy (non-hydrogen) atoms. The lowest BCUT2D eigenvalue weighted by atomic mass is 10.2. The Morgan fingerprint density at radius 1 is 1.06 bits per heavy atom. The third-order valence-corrected chi connectivity index (χ3v) is 2.21. The Morgan fingerprint density at radius 2 is 1.88 bits per heavy atom. The number of rotatable bonds is 2. The van der Waals surface area contributed by atoms with Gasteiger partial charge in [-0.3, -0.25) is 4.98 Å². The van der Waals surface area contributed by atoms with Crippen molar-refractivity contribution in [3.8, 4) is 0 Å². The summed E-state index contributed by atoms with van der Waals surface area (Å²) < 4.78 is 2.07. The van der Waals surface area contributed by atoms with Crippen LogP contribution >= 0.6 is 0 Å². The second kappa shape index (κ2) is 6.37. The molecule has 2 heterocycles. The summed E-state index contributed by atoms with van der Waals surface area (Å²) in [6.45, 7) is 0. The lowest BCUT2D eigenvalue weighted by Gasteiger charge is -1.92. The van der Waals surface area contributed by atoms with E-state index < -0.39 is 0 Å². The first kappa shape index (κ1) is 12.8. The molecule has 2 aromatic rings. The number of hydrogen-bond donors (Lipinski definition) is 0. The largest absolute Gasteiger partial charge is 1.00 e. The van der Waals surface area contributed by atoms with E-state index in [1.807, 2.05) is 49.7 Å². The first-order valence-electron chi connectivity index (χ1n) is 4.90. The molecule has 0 aliphatic carbocycles. The second-order valence-electron chi connectivity index (χ2n) is 3.32. The highest BCUT2D eigenvalue weighted by atomic mass is 127. The fourth-order valence-electron chi connectivity index (χ4n) is 1.36. The molecule has 82 valence electrons. The molecule has 0 N–H and O–H groups in total. The first-order valence-corrected chi connectivity index (χ1v) is 4.90. The number of pyridine rings is 2. The van der Waals surface area contributed by atoms with Crippen LogP contribution in [0.4, 0.5) is 0 Å². The molecule has 0 saturated carbocycles. The van der Waals surface area contributed by atoms with Crippen LogP contribution in [0.3, 0.4) is 0 Å². The van der Waals surface area contributed by atoms with Gasteiger partial charge in [0.05, 0.1) is 5.69 Å². The van der Waals surface area contributed by atoms with Crippen molar-refractivity contribution in [3.63, 3.8) is 0 Å². The normalized spacial score (nSPS) is 10.1. The molecule has 0 amide bonds. The van der Waals surface area contributed by atoms with Gasteiger partial charge >= 0.3 is 0 Å². The fraction of sp³-hybridized carbons (Fsp3) is 0.0769. The van der Waals surface area contributed by atoms with Gasteiger partial charge in [0.15, 0.2) is 6.20 Å². The maximum absolute atomic E-state index is 4.23. The van der Waals surface area contributed by atoms with Crippen LogP contribution in [0.1, 0.15) is 11.4 Å². The average Bonchev–Trinajstić information content (AvgIpc) is 2.29. The average molecular weight is 324 g/mol. The van der Waals surface area contributed by atoms with Gasteiger partial charge in [-0.1, -0.05) is 6.07 Å². The zero-order chi connectivity index (χ0) is 10.5. The van der Waals surface area contributed by atoms with E-state index in [-0.39, 0.29) is 24.0 Å². The summed E-state index contributed by atoms with van der Waals surface area (Å²) in [5, 5.41) is 0. The topological polar surface area (TPSA) is 16.8 Å². The van der Waals surface area contributed by atoms with E-state index in [1.54, 1.807) is 6.20 Å². The lowest BCUT2D eigenvalue weighted by molar-refractivity contribution is -0.673. The standard InChI is InChI=1S/C13H13N2.HI/c1-15-11-5-3-7-13(15)9-8-12-6-2-4-10-14-12;/h2-11H,1H3;1H/q+1;/p-1/b9-8-;. The third-order valence-electron chi connectivity index (χ3n) is 2.21. The Hall–Kier alpha value is -1.23. The van der Waals surface area contributed by atoms with Gasteiger partial charge in [-0.05, 0) is 24.3 Å². The van der Waals surface area contributed by atoms with E-state index in [0.717, 1.165) is 11.4 Å². The smallest absolute Gasteiger partial charge is 0.204 e. The van der Waals surface area contributed by atoms with Gasteiger partial charge in [0, 0.05) is 24.4 Å². The maximum Gasteiger partial charge on any atom is 0.204 e. The zero-order valence-corrected chi connectivity index (χ0v) is 11.2. The highest BCUT2D eigenvalue weighted by Gasteiger charge is 1.98. The summed E-state index contributed by atoms with van der Waals surface area (Å²) in [6, 6.07) is 12.0. The van der Waals surface area contributed by atoms with E-state index in [0.29, 0.717) is 0 Å². The molecule has 0 saturated heterocycles. The lowest BCUT2D eigenvalue weighted by Crippen LogP contribution is -3.00. The Balaban J connectivity index is 0.00000128. The minimum absolute atomic E-state index is 0. The van der Waals surface area contributed by atoms with Gasteiger partial charge in [0.2, 0.25) is 5.69 Å². The zero-order valence-electron chi connectivity index (χ0n) is 9.05. The molecular weight excluding hydrogens is 311 g/mol. The monoisotopic (exact) mass is 324 g/mol. The summed E-state index contributed by atoms with van der Waals surface area (Å²) in [7, 11) is 2.03. The minimum atomic E-state index is 0. The van der Waals surface area contributed by atoms with Crippen LogP contribution in [0.5, 0.6) is 0 Å². The van der Waals surface area contributed by atoms with Crippen LogP contribution in [0, 0.1) is 0 Å². The van der Waals surface area contributed by atoms with E-state index >= 15 is 0 Å². The van der Waals surface area contributed by atoms with Crippen LogP contribution in [-0.2, 0) is 7.05 Å². The molecule has 2 rings (SSSR count). The number of aryl methyl sites for hydroxylation is 1. The van der Waals surface area contributed by atoms with Crippen LogP contribution in [0.25, 0.3) is 12.2 Å². The molecule has 0 fully saturated rings. The van der Waals surface area contributed by atoms with Crippen molar-refractivity contribution in [1.29, 1.82) is 0 Å². The highest BCUT2D eigenvalue weighted by Crippen LogP contribution is 2.01. The van der Waals surface area contributed by atoms with Gasteiger partial charge in [-0.25, -0.2) is 4.57 Å². The second-order valence-corrected chi connectivity index (χ2v) is 3.32. The van der Waals surface area contributed by atoms with E-state index in [2.05, 4.69) is 21.7 Å². The SMILES string of the molecule is C[n+]1ccccc1/C=C\c1ccccn1.[I-]. The van der Waals surface area contributed by atoms with Gasteiger partial charge in [-0.2, -0.15) is 0 Å². The number of halogens is 1. The quantitative estimate of drug-likeness (QED) is 0.516. The molecule has 0 bridgehead atoms. The molecule has 0 spiro atoms. The number of aromatic nitrogens is 2. The highest BCUT2D eigenvalue weighted by molar-refractivity contribution is 5.64. The number of hydrogen-bond acceptors (Lipinski definition) is 1. The van der Waals surface area contributed by atoms with E-state index in [9.17, 15) is 0 Å². The van der Waals surface area contributed by atoms with Crippen molar-refractivity contribution in [2.45, 2.75) is 0 Å². The van der Waals surface area contributed by atoms with E-state index in [4.69, 9.17) is 0 Å². The molecule has 0 aromatic carbocycles. The minimum Gasteiger partial charge on any atom is -1.00 e. The Kier molecular flexibility index (Phi) is 5.11. The summed E-state index contributed by atoms with van der Waals surface area (Å²) >= 11 is 0. The summed E-state index contributed by atoms with van der Waals surface area (Å²) in [5.41, 5.74) is 2.13. The molecule has 3 heteroatoms. The maximum atomic E-state index is 4.23. The van der Waals surface area contributed by atoms with Crippen LogP contribution < -0.4 is 28.5 Å². The van der Waals surface area contributed by atoms with Crippen LogP contribution in [0.2, 0.25) is 0 Å². The van der Waals surface area contributed by atoms with Gasteiger partial charge < -0.3 is 24.0 Å². The van der Waals surface area contributed by atoms with Gasteiger partial charge in [0.1, 0.15) is 7.05 Å². The Labute approximate surface area is 113 Å². The van der Waals surface area contributed by atoms with Crippen molar-refractivity contribution in [2.75, 3.05) is 0 Å². The molecular formula is C13H13IN2. The van der Waals surface area contributed by atoms with Gasteiger partial charge in [-0.15, -0.1) is 0 Å². The molecule has 0 unspecified atom stereocenters. The molecule has 0 radical (unpaired) electrons. The van der Waals surface area contributed by atoms with Crippen molar-refractivity contribution in [1.82, 2.24) is 4.98 Å². The molecule has 2 aromatic heterocycles. The first-order chi connectivity index (χ1) is 7.36. The van der Waals surface area contributed by atoms with Crippen molar-refractivity contribution in [3.05, 3.63) is 60.2 Å². The Morgan fingerprint density at radius 3 is 2.56 bits per heavy atom. The van der Waals surface area contributed by atoms with Crippen molar-refractivity contribution in [2.24, 2.45) is 7.05 Å². The predicted molar refractivity (Wildman–Crippen MR) is 60.8 cm³/mol. The summed E-state index contributed by atoms with van der Waals surface area (Å²) in [4.78, 5) is 4.23. The molecule has 0 atom stereocenters. The van der Waals surface area contributed by atoms with Crippen LogP contribution in [-0.4, -0.2) is 4.98 Å². The summed E-state index contributed by atoms with van der Waals surface area (Å²) in [5.74, 6) is 0. The predicted octanol–water partition coefficient (Wildman–Crippen LogP) is -0.919. The van der Waals surface area contributed by atoms with E-state index in [1.165, 1.54) is 0 Å². The molecule has 0 aliphatic rings. The van der Waals surface area contributed by atoms with Crippen molar-refractivity contribution >= 4 is 12.2 Å². The third kappa shape index (κ3) is 3.41. The van der Waals surface area contributed by atoms with Crippen LogP contribution in [0.15, 0.2) is 48.8 Å². The molecule has 0 aliphatic heterocycles.